The molecule has 2 rings (SSSR count). The van der Waals surface area contributed by atoms with Gasteiger partial charge in [0.25, 0.3) is 0 Å². The first-order valence-electron chi connectivity index (χ1n) is 4.05. The van der Waals surface area contributed by atoms with Crippen LogP contribution in [-0.2, 0) is 0 Å². The molecule has 3 N–H and O–H groups in total. The summed E-state index contributed by atoms with van der Waals surface area (Å²) in [5.41, 5.74) is 5.49. The molecule has 1 aliphatic carbocycles. The van der Waals surface area contributed by atoms with E-state index in [0.717, 1.165) is 12.5 Å². The highest BCUT2D eigenvalue weighted by Crippen LogP contribution is 2.36. The molecule has 0 radical (unpaired) electrons. The highest BCUT2D eigenvalue weighted by Gasteiger charge is 2.38. The first kappa shape index (κ1) is 6.76. The van der Waals surface area contributed by atoms with Crippen LogP contribution in [0.2, 0.25) is 0 Å². The Labute approximate surface area is 65.7 Å². The van der Waals surface area contributed by atoms with E-state index in [4.69, 9.17) is 10.9 Å². The quantitative estimate of drug-likeness (QED) is 0.227. The van der Waals surface area contributed by atoms with Gasteiger partial charge < -0.3 is 15.8 Å². The predicted molar refractivity (Wildman–Crippen MR) is 41.2 cm³/mol. The van der Waals surface area contributed by atoms with Crippen LogP contribution >= 0.6 is 0 Å². The number of fused-ring (bicyclic) bond motifs is 2. The summed E-state index contributed by atoms with van der Waals surface area (Å²) in [6.45, 7) is 0.987. The monoisotopic (exact) mass is 155 g/mol. The Balaban J connectivity index is 2.08. The molecule has 1 aliphatic heterocycles. The van der Waals surface area contributed by atoms with Gasteiger partial charge in [0.15, 0.2) is 0 Å². The minimum atomic E-state index is 0.289. The molecule has 0 aromatic heterocycles. The van der Waals surface area contributed by atoms with Crippen molar-refractivity contribution in [1.29, 1.82) is 0 Å². The molecule has 4 nitrogen and oxygen atoms in total. The third kappa shape index (κ3) is 0.931. The van der Waals surface area contributed by atoms with Crippen molar-refractivity contribution in [3.63, 3.8) is 0 Å². The van der Waals surface area contributed by atoms with Crippen LogP contribution < -0.4 is 5.73 Å². The second kappa shape index (κ2) is 2.29. The summed E-state index contributed by atoms with van der Waals surface area (Å²) in [5, 5.41) is 11.5. The molecule has 62 valence electrons. The number of piperidine rings is 1. The number of hydrogen-bond acceptors (Lipinski definition) is 2. The van der Waals surface area contributed by atoms with Crippen LogP contribution in [0.15, 0.2) is 5.16 Å². The molecule has 1 heterocycles. The molecular weight excluding hydrogens is 142 g/mol. The maximum Gasteiger partial charge on any atom is 0.233 e. The third-order valence-electron chi connectivity index (χ3n) is 2.81. The van der Waals surface area contributed by atoms with Crippen LogP contribution in [0.25, 0.3) is 0 Å². The Bertz CT molecular complexity index is 192. The highest BCUT2D eigenvalue weighted by molar-refractivity contribution is 5.78. The molecule has 2 bridgehead atoms. The normalized spacial score (nSPS) is 36.7. The van der Waals surface area contributed by atoms with Gasteiger partial charge in [0.1, 0.15) is 0 Å². The van der Waals surface area contributed by atoms with Gasteiger partial charge in [0.2, 0.25) is 5.96 Å². The lowest BCUT2D eigenvalue weighted by molar-refractivity contribution is 0.276. The Morgan fingerprint density at radius 3 is 2.82 bits per heavy atom. The molecule has 11 heavy (non-hydrogen) atoms. The largest absolute Gasteiger partial charge is 0.408 e. The molecular formula is C7H13N3O. The van der Waals surface area contributed by atoms with E-state index in [1.165, 1.54) is 19.3 Å². The minimum Gasteiger partial charge on any atom is -0.408 e. The zero-order chi connectivity index (χ0) is 7.84. The molecule has 2 fully saturated rings. The van der Waals surface area contributed by atoms with Gasteiger partial charge in [-0.2, -0.15) is 0 Å². The minimum absolute atomic E-state index is 0.289. The second-order valence-electron chi connectivity index (χ2n) is 3.44. The maximum atomic E-state index is 8.44. The number of rotatable bonds is 0. The van der Waals surface area contributed by atoms with Gasteiger partial charge in [-0.15, -0.1) is 0 Å². The standard InChI is InChI=1S/C7H13N3O/c8-7(9-11)10-4-5-1-2-6(10)3-5/h5-6,11H,1-4H2,(H2,8,9). The van der Waals surface area contributed by atoms with Crippen molar-refractivity contribution < 1.29 is 5.21 Å². The van der Waals surface area contributed by atoms with Crippen molar-refractivity contribution in [2.75, 3.05) is 6.54 Å². The van der Waals surface area contributed by atoms with Crippen LogP contribution in [0.3, 0.4) is 0 Å². The van der Waals surface area contributed by atoms with E-state index in [1.807, 2.05) is 4.90 Å². The van der Waals surface area contributed by atoms with E-state index >= 15 is 0 Å². The maximum absolute atomic E-state index is 8.44. The fraction of sp³-hybridized carbons (Fsp3) is 0.857. The van der Waals surface area contributed by atoms with Crippen molar-refractivity contribution in [3.05, 3.63) is 0 Å². The molecule has 2 atom stereocenters. The molecule has 0 aromatic carbocycles. The third-order valence-corrected chi connectivity index (χ3v) is 2.81. The van der Waals surface area contributed by atoms with Crippen LogP contribution in [0.4, 0.5) is 0 Å². The van der Waals surface area contributed by atoms with Gasteiger partial charge in [-0.05, 0) is 25.2 Å². The van der Waals surface area contributed by atoms with Gasteiger partial charge in [0.05, 0.1) is 0 Å². The van der Waals surface area contributed by atoms with E-state index < -0.39 is 0 Å². The zero-order valence-electron chi connectivity index (χ0n) is 6.40. The van der Waals surface area contributed by atoms with Gasteiger partial charge in [-0.1, -0.05) is 5.16 Å². The van der Waals surface area contributed by atoms with E-state index in [9.17, 15) is 0 Å². The topological polar surface area (TPSA) is 61.9 Å². The van der Waals surface area contributed by atoms with E-state index in [0.29, 0.717) is 6.04 Å². The van der Waals surface area contributed by atoms with Crippen LogP contribution in [0, 0.1) is 5.92 Å². The number of likely N-dealkylation sites (tertiary alicyclic amines) is 1. The Morgan fingerprint density at radius 2 is 2.36 bits per heavy atom. The highest BCUT2D eigenvalue weighted by atomic mass is 16.4. The summed E-state index contributed by atoms with van der Waals surface area (Å²) < 4.78 is 0. The molecule has 1 saturated carbocycles. The van der Waals surface area contributed by atoms with Crippen molar-refractivity contribution in [3.8, 4) is 0 Å². The number of hydrogen-bond donors (Lipinski definition) is 2. The lowest BCUT2D eigenvalue weighted by atomic mass is 10.1. The van der Waals surface area contributed by atoms with Crippen molar-refractivity contribution in [2.24, 2.45) is 16.8 Å². The lowest BCUT2D eigenvalue weighted by Crippen LogP contribution is -2.42. The smallest absolute Gasteiger partial charge is 0.233 e. The predicted octanol–water partition coefficient (Wildman–Crippen LogP) is 0.175. The Morgan fingerprint density at radius 1 is 1.55 bits per heavy atom. The SMILES string of the molecule is N/C(=N\O)N1CC2CCC1C2. The Hall–Kier alpha value is -0.930. The number of guanidine groups is 1. The van der Waals surface area contributed by atoms with E-state index in [-0.39, 0.29) is 5.96 Å². The molecule has 0 aromatic rings. The summed E-state index contributed by atoms with van der Waals surface area (Å²) >= 11 is 0. The van der Waals surface area contributed by atoms with Crippen LogP contribution in [0.1, 0.15) is 19.3 Å². The summed E-state index contributed by atoms with van der Waals surface area (Å²) in [4.78, 5) is 2.01. The average molecular weight is 155 g/mol. The molecule has 1 saturated heterocycles. The fourth-order valence-corrected chi connectivity index (χ4v) is 2.26. The van der Waals surface area contributed by atoms with E-state index in [2.05, 4.69) is 5.16 Å². The second-order valence-corrected chi connectivity index (χ2v) is 3.44. The molecule has 2 unspecified atom stereocenters. The van der Waals surface area contributed by atoms with Gasteiger partial charge >= 0.3 is 0 Å². The summed E-state index contributed by atoms with van der Waals surface area (Å²) in [6.07, 6.45) is 3.76. The van der Waals surface area contributed by atoms with Crippen LogP contribution in [-0.4, -0.2) is 28.7 Å². The van der Waals surface area contributed by atoms with Crippen molar-refractivity contribution >= 4 is 5.96 Å². The summed E-state index contributed by atoms with van der Waals surface area (Å²) in [7, 11) is 0. The first-order chi connectivity index (χ1) is 5.31. The fourth-order valence-electron chi connectivity index (χ4n) is 2.26. The van der Waals surface area contributed by atoms with Gasteiger partial charge in [0, 0.05) is 12.6 Å². The number of oxime groups is 1. The number of nitrogens with zero attached hydrogens (tertiary/aromatic N) is 2. The first-order valence-corrected chi connectivity index (χ1v) is 4.05. The zero-order valence-corrected chi connectivity index (χ0v) is 6.40. The van der Waals surface area contributed by atoms with Crippen molar-refractivity contribution in [2.45, 2.75) is 25.3 Å². The summed E-state index contributed by atoms with van der Waals surface area (Å²) in [5.74, 6) is 1.08. The van der Waals surface area contributed by atoms with Gasteiger partial charge in [-0.3, -0.25) is 0 Å². The van der Waals surface area contributed by atoms with Crippen molar-refractivity contribution in [1.82, 2.24) is 4.90 Å². The molecule has 4 heteroatoms. The molecule has 0 spiro atoms. The lowest BCUT2D eigenvalue weighted by Gasteiger charge is -2.26. The van der Waals surface area contributed by atoms with E-state index in [1.54, 1.807) is 0 Å². The van der Waals surface area contributed by atoms with Crippen LogP contribution in [0.5, 0.6) is 0 Å². The summed E-state index contributed by atoms with van der Waals surface area (Å²) in [6, 6.07) is 0.552. The Kier molecular flexibility index (Phi) is 1.41. The molecule has 2 aliphatic rings. The molecule has 0 amide bonds. The average Bonchev–Trinajstić information content (AvgIpc) is 2.62. The van der Waals surface area contributed by atoms with Gasteiger partial charge in [-0.25, -0.2) is 0 Å². The number of nitrogens with two attached hydrogens (primary N) is 1.